The summed E-state index contributed by atoms with van der Waals surface area (Å²) in [5.41, 5.74) is 2.62. The maximum atomic E-state index is 11.2. The number of nitrogens with one attached hydrogen (secondary N) is 2. The Balaban J connectivity index is 2.80. The van der Waals surface area contributed by atoms with Gasteiger partial charge in [0.1, 0.15) is 0 Å². The molecule has 124 valence electrons. The predicted octanol–water partition coefficient (Wildman–Crippen LogP) is -0.255. The summed E-state index contributed by atoms with van der Waals surface area (Å²) in [6.07, 6.45) is 1.31. The molecule has 0 aliphatic carbocycles. The number of carbonyl (C=O) groups is 3. The maximum Gasteiger partial charge on any atom is 0.341 e. The van der Waals surface area contributed by atoms with Crippen LogP contribution in [0, 0.1) is 0 Å². The Hall–Kier alpha value is -3.10. The molecule has 0 fully saturated rings. The Bertz CT molecular complexity index is 615. The van der Waals surface area contributed by atoms with Gasteiger partial charge in [0, 0.05) is 7.05 Å². The Kier molecular flexibility index (Phi) is 7.05. The van der Waals surface area contributed by atoms with Crippen molar-refractivity contribution in [2.24, 2.45) is 5.10 Å². The molecule has 0 atom stereocenters. The molecular formula is C14H17N3O6. The topological polar surface area (TPSA) is 126 Å². The van der Waals surface area contributed by atoms with Gasteiger partial charge in [0.05, 0.1) is 12.8 Å². The van der Waals surface area contributed by atoms with Crippen molar-refractivity contribution in [3.05, 3.63) is 23.8 Å². The third-order valence-electron chi connectivity index (χ3n) is 2.43. The van der Waals surface area contributed by atoms with Gasteiger partial charge in [0.15, 0.2) is 18.1 Å². The fourth-order valence-electron chi connectivity index (χ4n) is 1.46. The number of carbonyl (C=O) groups excluding carboxylic acids is 2. The highest BCUT2D eigenvalue weighted by Crippen LogP contribution is 2.28. The second-order valence-electron chi connectivity index (χ2n) is 4.10. The van der Waals surface area contributed by atoms with Crippen LogP contribution in [0.3, 0.4) is 0 Å². The zero-order valence-electron chi connectivity index (χ0n) is 12.7. The lowest BCUT2D eigenvalue weighted by Gasteiger charge is -2.11. The lowest BCUT2D eigenvalue weighted by Crippen LogP contribution is -2.35. The van der Waals surface area contributed by atoms with Crippen LogP contribution >= 0.6 is 0 Å². The summed E-state index contributed by atoms with van der Waals surface area (Å²) in [6, 6.07) is 4.68. The molecule has 0 bridgehead atoms. The van der Waals surface area contributed by atoms with Crippen molar-refractivity contribution in [1.29, 1.82) is 0 Å². The number of carboxylic acids is 1. The van der Waals surface area contributed by atoms with Crippen molar-refractivity contribution in [3.8, 4) is 11.5 Å². The predicted molar refractivity (Wildman–Crippen MR) is 80.5 cm³/mol. The summed E-state index contributed by atoms with van der Waals surface area (Å²) < 4.78 is 10.5. The minimum atomic E-state index is -1.10. The maximum absolute atomic E-state index is 11.2. The molecule has 9 nitrogen and oxygen atoms in total. The molecule has 0 aromatic heterocycles. The zero-order chi connectivity index (χ0) is 17.2. The number of hydrogen-bond acceptors (Lipinski definition) is 6. The number of benzene rings is 1. The minimum Gasteiger partial charge on any atom is -0.490 e. The van der Waals surface area contributed by atoms with E-state index in [0.29, 0.717) is 17.9 Å². The van der Waals surface area contributed by atoms with E-state index < -0.39 is 24.4 Å². The molecule has 2 amide bonds. The number of ether oxygens (including phenoxy) is 2. The molecule has 9 heteroatoms. The van der Waals surface area contributed by atoms with Gasteiger partial charge in [-0.05, 0) is 30.7 Å². The quantitative estimate of drug-likeness (QED) is 0.361. The molecule has 0 aliphatic heterocycles. The Morgan fingerprint density at radius 3 is 2.57 bits per heavy atom. The van der Waals surface area contributed by atoms with E-state index in [-0.39, 0.29) is 5.75 Å². The van der Waals surface area contributed by atoms with E-state index in [1.807, 2.05) is 0 Å². The van der Waals surface area contributed by atoms with Crippen LogP contribution in [0.5, 0.6) is 11.5 Å². The largest absolute Gasteiger partial charge is 0.490 e. The molecule has 0 heterocycles. The van der Waals surface area contributed by atoms with Gasteiger partial charge in [-0.2, -0.15) is 5.10 Å². The van der Waals surface area contributed by atoms with Gasteiger partial charge in [0.2, 0.25) is 0 Å². The Morgan fingerprint density at radius 1 is 1.22 bits per heavy atom. The molecule has 0 aliphatic rings. The van der Waals surface area contributed by atoms with E-state index in [0.717, 1.165) is 0 Å². The van der Waals surface area contributed by atoms with Gasteiger partial charge in [-0.1, -0.05) is 0 Å². The highest BCUT2D eigenvalue weighted by molar-refractivity contribution is 6.34. The first-order valence-corrected chi connectivity index (χ1v) is 6.64. The second kappa shape index (κ2) is 9.03. The second-order valence-corrected chi connectivity index (χ2v) is 4.10. The average Bonchev–Trinajstić information content (AvgIpc) is 2.53. The fraction of sp³-hybridized carbons (Fsp3) is 0.286. The molecule has 0 saturated carbocycles. The van der Waals surface area contributed by atoms with Crippen molar-refractivity contribution in [2.45, 2.75) is 6.92 Å². The van der Waals surface area contributed by atoms with Gasteiger partial charge >= 0.3 is 17.8 Å². The monoisotopic (exact) mass is 323 g/mol. The number of amides is 2. The summed E-state index contributed by atoms with van der Waals surface area (Å²) in [7, 11) is 1.33. The molecule has 23 heavy (non-hydrogen) atoms. The number of carboxylic acid groups (broad SMARTS) is 1. The lowest BCUT2D eigenvalue weighted by atomic mass is 10.2. The van der Waals surface area contributed by atoms with E-state index in [4.69, 9.17) is 14.6 Å². The number of hydrogen-bond donors (Lipinski definition) is 3. The van der Waals surface area contributed by atoms with E-state index in [9.17, 15) is 14.4 Å². The molecule has 1 aromatic carbocycles. The Labute approximate surface area is 132 Å². The first-order chi connectivity index (χ1) is 11.0. The van der Waals surface area contributed by atoms with E-state index >= 15 is 0 Å². The summed E-state index contributed by atoms with van der Waals surface area (Å²) in [5.74, 6) is -2.18. The highest BCUT2D eigenvalue weighted by Gasteiger charge is 2.10. The molecule has 0 spiro atoms. The summed E-state index contributed by atoms with van der Waals surface area (Å²) in [4.78, 5) is 32.7. The molecule has 0 unspecified atom stereocenters. The fourth-order valence-corrected chi connectivity index (χ4v) is 1.46. The molecule has 3 N–H and O–H groups in total. The molecule has 0 radical (unpaired) electrons. The van der Waals surface area contributed by atoms with Crippen molar-refractivity contribution in [3.63, 3.8) is 0 Å². The standard InChI is InChI=1S/C14H17N3O6/c1-3-22-11-6-9(4-5-10(11)23-8-12(18)19)7-16-17-14(21)13(20)15-2/h4-7H,3,8H2,1-2H3,(H,15,20)(H,17,21)(H,18,19)/b16-7-. The number of likely N-dealkylation sites (N-methyl/N-ethyl adjacent to an activating group) is 1. The normalized spacial score (nSPS) is 10.2. The van der Waals surface area contributed by atoms with E-state index in [1.54, 1.807) is 19.1 Å². The third kappa shape index (κ3) is 6.04. The van der Waals surface area contributed by atoms with Crippen molar-refractivity contribution in [2.75, 3.05) is 20.3 Å². The third-order valence-corrected chi connectivity index (χ3v) is 2.43. The van der Waals surface area contributed by atoms with Crippen molar-refractivity contribution in [1.82, 2.24) is 10.7 Å². The van der Waals surface area contributed by atoms with Crippen LogP contribution in [0.15, 0.2) is 23.3 Å². The van der Waals surface area contributed by atoms with E-state index in [1.165, 1.54) is 19.3 Å². The van der Waals surface area contributed by atoms with Crippen molar-refractivity contribution >= 4 is 24.0 Å². The van der Waals surface area contributed by atoms with Crippen LogP contribution in [0.2, 0.25) is 0 Å². The minimum absolute atomic E-state index is 0.279. The molecular weight excluding hydrogens is 306 g/mol. The van der Waals surface area contributed by atoms with Gasteiger partial charge in [-0.3, -0.25) is 9.59 Å². The summed E-state index contributed by atoms with van der Waals surface area (Å²) in [5, 5.41) is 14.4. The van der Waals surface area contributed by atoms with E-state index in [2.05, 4.69) is 15.8 Å². The van der Waals surface area contributed by atoms with Gasteiger partial charge < -0.3 is 19.9 Å². The van der Waals surface area contributed by atoms with Crippen LogP contribution in [0.1, 0.15) is 12.5 Å². The average molecular weight is 323 g/mol. The number of nitrogens with zero attached hydrogens (tertiary/aromatic N) is 1. The van der Waals surface area contributed by atoms with Crippen LogP contribution in [-0.4, -0.2) is 49.4 Å². The first-order valence-electron chi connectivity index (χ1n) is 6.64. The number of hydrazone groups is 1. The van der Waals surface area contributed by atoms with Crippen LogP contribution < -0.4 is 20.2 Å². The smallest absolute Gasteiger partial charge is 0.341 e. The van der Waals surface area contributed by atoms with Gasteiger partial charge in [-0.25, -0.2) is 10.2 Å². The molecule has 0 saturated heterocycles. The van der Waals surface area contributed by atoms with Crippen LogP contribution in [0.4, 0.5) is 0 Å². The first kappa shape index (κ1) is 18.0. The zero-order valence-corrected chi connectivity index (χ0v) is 12.7. The molecule has 1 aromatic rings. The van der Waals surface area contributed by atoms with Crippen molar-refractivity contribution < 1.29 is 29.0 Å². The number of aliphatic carboxylic acids is 1. The number of rotatable bonds is 7. The molecule has 1 rings (SSSR count). The summed E-state index contributed by atoms with van der Waals surface area (Å²) in [6.45, 7) is 1.64. The lowest BCUT2D eigenvalue weighted by molar-refractivity contribution is -0.139. The highest BCUT2D eigenvalue weighted by atomic mass is 16.5. The SMILES string of the molecule is CCOc1cc(/C=N\NC(=O)C(=O)NC)ccc1OCC(=O)O. The Morgan fingerprint density at radius 2 is 1.96 bits per heavy atom. The summed E-state index contributed by atoms with van der Waals surface area (Å²) >= 11 is 0. The van der Waals surface area contributed by atoms with Gasteiger partial charge in [-0.15, -0.1) is 0 Å². The van der Waals surface area contributed by atoms with Gasteiger partial charge in [0.25, 0.3) is 0 Å². The van der Waals surface area contributed by atoms with Crippen LogP contribution in [0.25, 0.3) is 0 Å². The van der Waals surface area contributed by atoms with Crippen LogP contribution in [-0.2, 0) is 14.4 Å².